The Hall–Kier alpha value is -1.40. The highest BCUT2D eigenvalue weighted by Crippen LogP contribution is 2.20. The molecule has 0 saturated carbocycles. The van der Waals surface area contributed by atoms with Gasteiger partial charge in [0.15, 0.2) is 0 Å². The molecule has 0 N–H and O–H groups in total. The molecule has 0 spiro atoms. The molecule has 0 amide bonds. The Balaban J connectivity index is 2.87. The first-order valence-corrected chi connectivity index (χ1v) is 4.55. The standard InChI is InChI=1S/C10H5BrN2/c11-8-1-2-9-7(6-12)3-4-13-10(9)5-8/h1-5H. The zero-order valence-corrected chi connectivity index (χ0v) is 8.25. The van der Waals surface area contributed by atoms with Crippen LogP contribution < -0.4 is 0 Å². The molecule has 0 unspecified atom stereocenters. The summed E-state index contributed by atoms with van der Waals surface area (Å²) in [5.74, 6) is 0. The Morgan fingerprint density at radius 1 is 1.31 bits per heavy atom. The van der Waals surface area contributed by atoms with Crippen LogP contribution in [0, 0.1) is 11.3 Å². The number of pyridine rings is 1. The fourth-order valence-electron chi connectivity index (χ4n) is 1.22. The second-order valence-electron chi connectivity index (χ2n) is 2.63. The van der Waals surface area contributed by atoms with E-state index in [-0.39, 0.29) is 0 Å². The summed E-state index contributed by atoms with van der Waals surface area (Å²) in [7, 11) is 0. The Bertz CT molecular complexity index is 500. The van der Waals surface area contributed by atoms with Crippen LogP contribution in [-0.2, 0) is 0 Å². The molecular weight excluding hydrogens is 228 g/mol. The summed E-state index contributed by atoms with van der Waals surface area (Å²) in [6.45, 7) is 0. The van der Waals surface area contributed by atoms with Crippen LogP contribution in [0.15, 0.2) is 34.9 Å². The lowest BCUT2D eigenvalue weighted by atomic mass is 10.1. The van der Waals surface area contributed by atoms with E-state index in [2.05, 4.69) is 27.0 Å². The van der Waals surface area contributed by atoms with Crippen LogP contribution in [0.5, 0.6) is 0 Å². The predicted octanol–water partition coefficient (Wildman–Crippen LogP) is 2.87. The number of aromatic nitrogens is 1. The van der Waals surface area contributed by atoms with Crippen molar-refractivity contribution in [1.29, 1.82) is 5.26 Å². The summed E-state index contributed by atoms with van der Waals surface area (Å²) in [4.78, 5) is 4.17. The first-order valence-electron chi connectivity index (χ1n) is 3.75. The van der Waals surface area contributed by atoms with Gasteiger partial charge in [-0.25, -0.2) is 0 Å². The monoisotopic (exact) mass is 232 g/mol. The molecule has 2 nitrogen and oxygen atoms in total. The minimum Gasteiger partial charge on any atom is -0.256 e. The quantitative estimate of drug-likeness (QED) is 0.701. The van der Waals surface area contributed by atoms with Gasteiger partial charge in [0.1, 0.15) is 0 Å². The molecule has 0 saturated heterocycles. The first-order chi connectivity index (χ1) is 6.31. The summed E-state index contributed by atoms with van der Waals surface area (Å²) < 4.78 is 0.975. The number of hydrogen-bond acceptors (Lipinski definition) is 2. The molecule has 0 bridgehead atoms. The van der Waals surface area contributed by atoms with Crippen LogP contribution in [0.3, 0.4) is 0 Å². The third-order valence-corrected chi connectivity index (χ3v) is 2.32. The number of rotatable bonds is 0. The largest absolute Gasteiger partial charge is 0.256 e. The Kier molecular flexibility index (Phi) is 1.99. The minimum atomic E-state index is 0.664. The zero-order valence-electron chi connectivity index (χ0n) is 6.66. The van der Waals surface area contributed by atoms with Gasteiger partial charge in [0.05, 0.1) is 17.1 Å². The number of benzene rings is 1. The number of nitrogens with zero attached hydrogens (tertiary/aromatic N) is 2. The van der Waals surface area contributed by atoms with E-state index in [0.717, 1.165) is 15.4 Å². The van der Waals surface area contributed by atoms with Crippen LogP contribution in [0.1, 0.15) is 5.56 Å². The van der Waals surface area contributed by atoms with E-state index in [9.17, 15) is 0 Å². The molecule has 0 radical (unpaired) electrons. The highest BCUT2D eigenvalue weighted by molar-refractivity contribution is 9.10. The fourth-order valence-corrected chi connectivity index (χ4v) is 1.57. The predicted molar refractivity (Wildman–Crippen MR) is 54.2 cm³/mol. The molecule has 2 rings (SSSR count). The molecule has 1 aromatic heterocycles. The number of fused-ring (bicyclic) bond motifs is 1. The van der Waals surface area contributed by atoms with Gasteiger partial charge in [-0.15, -0.1) is 0 Å². The molecule has 0 atom stereocenters. The van der Waals surface area contributed by atoms with Gasteiger partial charge in [-0.2, -0.15) is 5.26 Å². The van der Waals surface area contributed by atoms with Crippen LogP contribution in [0.25, 0.3) is 10.9 Å². The molecule has 0 aliphatic rings. The molecular formula is C10H5BrN2. The van der Waals surface area contributed by atoms with Crippen molar-refractivity contribution in [3.63, 3.8) is 0 Å². The summed E-state index contributed by atoms with van der Waals surface area (Å²) in [5, 5.41) is 9.71. The van der Waals surface area contributed by atoms with Crippen molar-refractivity contribution in [2.75, 3.05) is 0 Å². The molecule has 13 heavy (non-hydrogen) atoms. The molecule has 0 fully saturated rings. The van der Waals surface area contributed by atoms with E-state index in [1.165, 1.54) is 0 Å². The van der Waals surface area contributed by atoms with Crippen LogP contribution in [0.4, 0.5) is 0 Å². The Morgan fingerprint density at radius 3 is 2.92 bits per heavy atom. The van der Waals surface area contributed by atoms with Crippen molar-refractivity contribution in [1.82, 2.24) is 4.98 Å². The summed E-state index contributed by atoms with van der Waals surface area (Å²) in [6.07, 6.45) is 1.65. The lowest BCUT2D eigenvalue weighted by Gasteiger charge is -1.98. The average molecular weight is 233 g/mol. The van der Waals surface area contributed by atoms with Gasteiger partial charge in [0.2, 0.25) is 0 Å². The van der Waals surface area contributed by atoms with Crippen LogP contribution in [0.2, 0.25) is 0 Å². The zero-order chi connectivity index (χ0) is 9.26. The molecule has 3 heteroatoms. The smallest absolute Gasteiger partial charge is 0.0999 e. The Labute approximate surface area is 84.0 Å². The summed E-state index contributed by atoms with van der Waals surface area (Å²) in [5.41, 5.74) is 1.51. The number of halogens is 1. The molecule has 62 valence electrons. The third kappa shape index (κ3) is 1.41. The SMILES string of the molecule is N#Cc1ccnc2cc(Br)ccc12. The van der Waals surface area contributed by atoms with Gasteiger partial charge < -0.3 is 0 Å². The van der Waals surface area contributed by atoms with E-state index in [1.807, 2.05) is 18.2 Å². The summed E-state index contributed by atoms with van der Waals surface area (Å²) >= 11 is 3.36. The van der Waals surface area contributed by atoms with E-state index in [1.54, 1.807) is 12.3 Å². The molecule has 1 heterocycles. The highest BCUT2D eigenvalue weighted by atomic mass is 79.9. The van der Waals surface area contributed by atoms with Crippen molar-refractivity contribution >= 4 is 26.8 Å². The van der Waals surface area contributed by atoms with Gasteiger partial charge in [0.25, 0.3) is 0 Å². The highest BCUT2D eigenvalue weighted by Gasteiger charge is 2.00. The maximum atomic E-state index is 8.82. The molecule has 2 aromatic rings. The lowest BCUT2D eigenvalue weighted by molar-refractivity contribution is 1.39. The van der Waals surface area contributed by atoms with E-state index >= 15 is 0 Å². The van der Waals surface area contributed by atoms with Gasteiger partial charge >= 0.3 is 0 Å². The van der Waals surface area contributed by atoms with Gasteiger partial charge in [0, 0.05) is 16.1 Å². The maximum Gasteiger partial charge on any atom is 0.0999 e. The summed E-state index contributed by atoms with van der Waals surface area (Å²) in [6, 6.07) is 9.55. The molecule has 0 aliphatic heterocycles. The normalized spacial score (nSPS) is 9.85. The maximum absolute atomic E-state index is 8.82. The first kappa shape index (κ1) is 8.21. The van der Waals surface area contributed by atoms with Crippen molar-refractivity contribution in [3.8, 4) is 6.07 Å². The van der Waals surface area contributed by atoms with Crippen molar-refractivity contribution in [2.45, 2.75) is 0 Å². The van der Waals surface area contributed by atoms with Crippen LogP contribution in [-0.4, -0.2) is 4.98 Å². The lowest BCUT2D eigenvalue weighted by Crippen LogP contribution is -1.82. The average Bonchev–Trinajstić information content (AvgIpc) is 2.16. The Morgan fingerprint density at radius 2 is 2.15 bits per heavy atom. The molecule has 1 aromatic carbocycles. The van der Waals surface area contributed by atoms with Gasteiger partial charge in [-0.3, -0.25) is 4.98 Å². The van der Waals surface area contributed by atoms with E-state index in [4.69, 9.17) is 5.26 Å². The molecule has 0 aliphatic carbocycles. The second-order valence-corrected chi connectivity index (χ2v) is 3.55. The second kappa shape index (κ2) is 3.15. The minimum absolute atomic E-state index is 0.664. The van der Waals surface area contributed by atoms with E-state index < -0.39 is 0 Å². The van der Waals surface area contributed by atoms with Crippen molar-refractivity contribution < 1.29 is 0 Å². The van der Waals surface area contributed by atoms with Gasteiger partial charge in [-0.05, 0) is 18.2 Å². The van der Waals surface area contributed by atoms with Crippen LogP contribution >= 0.6 is 15.9 Å². The fraction of sp³-hybridized carbons (Fsp3) is 0. The van der Waals surface area contributed by atoms with Crippen molar-refractivity contribution in [2.24, 2.45) is 0 Å². The van der Waals surface area contributed by atoms with Crippen molar-refractivity contribution in [3.05, 3.63) is 40.5 Å². The van der Waals surface area contributed by atoms with Gasteiger partial charge in [-0.1, -0.05) is 22.0 Å². The number of hydrogen-bond donors (Lipinski definition) is 0. The number of nitriles is 1. The topological polar surface area (TPSA) is 36.7 Å². The van der Waals surface area contributed by atoms with E-state index in [0.29, 0.717) is 5.56 Å². The third-order valence-electron chi connectivity index (χ3n) is 1.83.